The Morgan fingerprint density at radius 1 is 1.26 bits per heavy atom. The van der Waals surface area contributed by atoms with Gasteiger partial charge in [0.05, 0.1) is 4.90 Å². The molecule has 0 aliphatic rings. The Hall–Kier alpha value is -1.92. The first-order valence-electron chi connectivity index (χ1n) is 5.76. The van der Waals surface area contributed by atoms with Crippen LogP contribution in [-0.4, -0.2) is 13.4 Å². The number of nitrogens with zero attached hydrogens (tertiary/aromatic N) is 1. The van der Waals surface area contributed by atoms with Gasteiger partial charge in [-0.15, -0.1) is 0 Å². The lowest BCUT2D eigenvalue weighted by Gasteiger charge is -2.09. The fourth-order valence-corrected chi connectivity index (χ4v) is 2.71. The summed E-state index contributed by atoms with van der Waals surface area (Å²) >= 11 is 0. The molecule has 0 unspecified atom stereocenters. The number of nitrogens with one attached hydrogen (secondary N) is 1. The number of aromatic nitrogens is 1. The number of hydrogen-bond donors (Lipinski definition) is 2. The van der Waals surface area contributed by atoms with Crippen LogP contribution < -0.4 is 10.5 Å². The van der Waals surface area contributed by atoms with Crippen molar-refractivity contribution in [3.63, 3.8) is 0 Å². The molecular formula is C13H15N3O2S. The Morgan fingerprint density at radius 2 is 2.05 bits per heavy atom. The number of hydrogen-bond acceptors (Lipinski definition) is 4. The summed E-state index contributed by atoms with van der Waals surface area (Å²) in [5.41, 5.74) is 7.37. The van der Waals surface area contributed by atoms with E-state index in [1.807, 2.05) is 6.92 Å². The van der Waals surface area contributed by atoms with E-state index in [1.54, 1.807) is 36.4 Å². The number of rotatable bonds is 4. The van der Waals surface area contributed by atoms with E-state index in [1.165, 1.54) is 6.20 Å². The average molecular weight is 277 g/mol. The molecule has 0 aliphatic carbocycles. The lowest BCUT2D eigenvalue weighted by molar-refractivity contribution is 0.601. The molecule has 0 spiro atoms. The van der Waals surface area contributed by atoms with Gasteiger partial charge in [-0.3, -0.25) is 4.72 Å². The zero-order valence-corrected chi connectivity index (χ0v) is 11.3. The van der Waals surface area contributed by atoms with Crippen LogP contribution >= 0.6 is 0 Å². The molecule has 100 valence electrons. The first-order chi connectivity index (χ1) is 9.03. The molecule has 0 saturated carbocycles. The molecule has 0 radical (unpaired) electrons. The van der Waals surface area contributed by atoms with Crippen molar-refractivity contribution >= 4 is 15.8 Å². The van der Waals surface area contributed by atoms with E-state index in [4.69, 9.17) is 5.73 Å². The molecule has 19 heavy (non-hydrogen) atoms. The van der Waals surface area contributed by atoms with Crippen LogP contribution in [0.2, 0.25) is 0 Å². The quantitative estimate of drug-likeness (QED) is 0.889. The molecule has 0 aliphatic heterocycles. The minimum Gasteiger partial charge on any atom is -0.326 e. The largest absolute Gasteiger partial charge is 0.326 e. The van der Waals surface area contributed by atoms with Gasteiger partial charge in [0.25, 0.3) is 10.0 Å². The minimum atomic E-state index is -3.63. The van der Waals surface area contributed by atoms with E-state index >= 15 is 0 Å². The van der Waals surface area contributed by atoms with E-state index in [-0.39, 0.29) is 10.7 Å². The molecule has 1 aromatic heterocycles. The van der Waals surface area contributed by atoms with Gasteiger partial charge in [-0.05, 0) is 42.3 Å². The van der Waals surface area contributed by atoms with Crippen molar-refractivity contribution in [2.24, 2.45) is 5.73 Å². The number of nitrogens with two attached hydrogens (primary N) is 1. The summed E-state index contributed by atoms with van der Waals surface area (Å²) in [5, 5.41) is 0. The van der Waals surface area contributed by atoms with Gasteiger partial charge in [0, 0.05) is 12.7 Å². The Labute approximate surface area is 112 Å². The molecule has 0 amide bonds. The van der Waals surface area contributed by atoms with E-state index in [2.05, 4.69) is 9.71 Å². The smallest absolute Gasteiger partial charge is 0.263 e. The van der Waals surface area contributed by atoms with E-state index in [0.29, 0.717) is 6.54 Å². The topological polar surface area (TPSA) is 85.1 Å². The van der Waals surface area contributed by atoms with Crippen LogP contribution in [0.4, 0.5) is 5.82 Å². The van der Waals surface area contributed by atoms with E-state index in [9.17, 15) is 8.42 Å². The third kappa shape index (κ3) is 3.10. The maximum absolute atomic E-state index is 12.2. The van der Waals surface area contributed by atoms with Gasteiger partial charge in [-0.1, -0.05) is 12.1 Å². The molecule has 0 bridgehead atoms. The highest BCUT2D eigenvalue weighted by Gasteiger charge is 2.15. The molecule has 1 aromatic carbocycles. The third-order valence-electron chi connectivity index (χ3n) is 2.75. The van der Waals surface area contributed by atoms with Gasteiger partial charge in [-0.25, -0.2) is 13.4 Å². The Morgan fingerprint density at radius 3 is 2.68 bits per heavy atom. The van der Waals surface area contributed by atoms with Crippen LogP contribution in [-0.2, 0) is 16.6 Å². The van der Waals surface area contributed by atoms with Crippen LogP contribution in [0.3, 0.4) is 0 Å². The maximum Gasteiger partial charge on any atom is 0.263 e. The van der Waals surface area contributed by atoms with Crippen molar-refractivity contribution in [2.75, 3.05) is 4.72 Å². The Kier molecular flexibility index (Phi) is 3.82. The van der Waals surface area contributed by atoms with Gasteiger partial charge in [0.15, 0.2) is 0 Å². The van der Waals surface area contributed by atoms with Crippen LogP contribution in [0.1, 0.15) is 11.1 Å². The fourth-order valence-electron chi connectivity index (χ4n) is 1.65. The fraction of sp³-hybridized carbons (Fsp3) is 0.154. The summed E-state index contributed by atoms with van der Waals surface area (Å²) in [7, 11) is -3.63. The molecular weight excluding hydrogens is 262 g/mol. The highest BCUT2D eigenvalue weighted by Crippen LogP contribution is 2.17. The predicted molar refractivity (Wildman–Crippen MR) is 74.1 cm³/mol. The van der Waals surface area contributed by atoms with Crippen molar-refractivity contribution in [2.45, 2.75) is 18.4 Å². The number of pyridine rings is 1. The Balaban J connectivity index is 2.35. The third-order valence-corrected chi connectivity index (χ3v) is 4.11. The van der Waals surface area contributed by atoms with Gasteiger partial charge >= 0.3 is 0 Å². The second-order valence-corrected chi connectivity index (χ2v) is 5.80. The summed E-state index contributed by atoms with van der Waals surface area (Å²) in [5.74, 6) is 0.289. The zero-order valence-electron chi connectivity index (χ0n) is 10.5. The monoisotopic (exact) mass is 277 g/mol. The summed E-state index contributed by atoms with van der Waals surface area (Å²) in [6.07, 6.45) is 1.53. The van der Waals surface area contributed by atoms with Gasteiger partial charge in [0.2, 0.25) is 0 Å². The first kappa shape index (κ1) is 13.5. The Bertz CT molecular complexity index is 670. The highest BCUT2D eigenvalue weighted by atomic mass is 32.2. The maximum atomic E-state index is 12.2. The predicted octanol–water partition coefficient (Wildman–Crippen LogP) is 1.65. The molecule has 3 N–H and O–H groups in total. The van der Waals surface area contributed by atoms with Crippen molar-refractivity contribution in [3.8, 4) is 0 Å². The van der Waals surface area contributed by atoms with Gasteiger partial charge in [-0.2, -0.15) is 0 Å². The molecule has 0 fully saturated rings. The molecule has 0 atom stereocenters. The molecule has 6 heteroatoms. The minimum absolute atomic E-state index is 0.184. The van der Waals surface area contributed by atoms with Crippen molar-refractivity contribution < 1.29 is 8.42 Å². The van der Waals surface area contributed by atoms with Gasteiger partial charge in [0.1, 0.15) is 5.82 Å². The molecule has 2 rings (SSSR count). The summed E-state index contributed by atoms with van der Waals surface area (Å²) < 4.78 is 26.8. The van der Waals surface area contributed by atoms with Gasteiger partial charge < -0.3 is 5.73 Å². The second kappa shape index (κ2) is 5.38. The van der Waals surface area contributed by atoms with Crippen LogP contribution in [0, 0.1) is 6.92 Å². The van der Waals surface area contributed by atoms with Crippen molar-refractivity contribution in [1.82, 2.24) is 4.98 Å². The van der Waals surface area contributed by atoms with Crippen LogP contribution in [0.5, 0.6) is 0 Å². The molecule has 5 nitrogen and oxygen atoms in total. The summed E-state index contributed by atoms with van der Waals surface area (Å²) in [6, 6.07) is 9.91. The average Bonchev–Trinajstić information content (AvgIpc) is 2.39. The first-order valence-corrected chi connectivity index (χ1v) is 7.25. The number of sulfonamides is 1. The van der Waals surface area contributed by atoms with E-state index in [0.717, 1.165) is 11.1 Å². The molecule has 0 saturated heterocycles. The highest BCUT2D eigenvalue weighted by molar-refractivity contribution is 7.92. The van der Waals surface area contributed by atoms with Crippen molar-refractivity contribution in [1.29, 1.82) is 0 Å². The zero-order chi connectivity index (χ0) is 13.9. The number of anilines is 1. The summed E-state index contributed by atoms with van der Waals surface area (Å²) in [6.45, 7) is 2.20. The SMILES string of the molecule is Cc1ccc(S(=O)(=O)Nc2ccccn2)cc1CN. The standard InChI is InChI=1S/C13H15N3O2S/c1-10-5-6-12(8-11(10)9-14)19(17,18)16-13-4-2-3-7-15-13/h2-8H,9,14H2,1H3,(H,15,16). The lowest BCUT2D eigenvalue weighted by Crippen LogP contribution is -2.14. The van der Waals surface area contributed by atoms with E-state index < -0.39 is 10.0 Å². The second-order valence-electron chi connectivity index (χ2n) is 4.11. The lowest BCUT2D eigenvalue weighted by atomic mass is 10.1. The normalized spacial score (nSPS) is 11.3. The molecule has 2 aromatic rings. The number of benzene rings is 1. The van der Waals surface area contributed by atoms with Crippen LogP contribution in [0.25, 0.3) is 0 Å². The summed E-state index contributed by atoms with van der Waals surface area (Å²) in [4.78, 5) is 4.12. The van der Waals surface area contributed by atoms with Crippen LogP contribution in [0.15, 0.2) is 47.5 Å². The number of aryl methyl sites for hydroxylation is 1. The molecule has 1 heterocycles. The van der Waals surface area contributed by atoms with Crippen molar-refractivity contribution in [3.05, 3.63) is 53.7 Å².